The molecule has 1 amide bonds. The van der Waals surface area contributed by atoms with Gasteiger partial charge >= 0.3 is 12.3 Å². The van der Waals surface area contributed by atoms with Crippen molar-refractivity contribution in [3.63, 3.8) is 0 Å². The number of anilines is 1. The number of halogens is 3. The summed E-state index contributed by atoms with van der Waals surface area (Å²) in [7, 11) is 0. The lowest BCUT2D eigenvalue weighted by molar-refractivity contribution is -0.136. The minimum Gasteiger partial charge on any atom is -0.444 e. The second kappa shape index (κ2) is 8.96. The molecule has 2 atom stereocenters. The molecule has 0 unspecified atom stereocenters. The van der Waals surface area contributed by atoms with Crippen LogP contribution in [-0.2, 0) is 10.9 Å². The Morgan fingerprint density at radius 2 is 1.97 bits per heavy atom. The van der Waals surface area contributed by atoms with E-state index in [1.807, 2.05) is 6.07 Å². The van der Waals surface area contributed by atoms with Gasteiger partial charge in [-0.15, -0.1) is 0 Å². The lowest BCUT2D eigenvalue weighted by Crippen LogP contribution is -2.59. The van der Waals surface area contributed by atoms with Crippen molar-refractivity contribution in [2.45, 2.75) is 58.4 Å². The number of ether oxygens (including phenoxy) is 1. The third-order valence-electron chi connectivity index (χ3n) is 5.63. The summed E-state index contributed by atoms with van der Waals surface area (Å²) in [5, 5.41) is 8.88. The first kappa shape index (κ1) is 21.4. The van der Waals surface area contributed by atoms with Gasteiger partial charge in [-0.2, -0.15) is 18.4 Å². The zero-order chi connectivity index (χ0) is 28.9. The molecule has 36 heavy (non-hydrogen) atoms. The van der Waals surface area contributed by atoms with E-state index >= 15 is 0 Å². The van der Waals surface area contributed by atoms with Crippen LogP contribution in [0.4, 0.5) is 23.8 Å². The van der Waals surface area contributed by atoms with E-state index in [-0.39, 0.29) is 41.3 Å². The summed E-state index contributed by atoms with van der Waals surface area (Å²) in [6.07, 6.45) is -2.43. The second-order valence-corrected chi connectivity index (χ2v) is 9.47. The largest absolute Gasteiger partial charge is 0.444 e. The molecule has 0 radical (unpaired) electrons. The first-order valence-corrected chi connectivity index (χ1v) is 11.1. The summed E-state index contributed by atoms with van der Waals surface area (Å²) in [5.41, 5.74) is -1.86. The van der Waals surface area contributed by atoms with Crippen molar-refractivity contribution >= 4 is 22.9 Å². The van der Waals surface area contributed by atoms with Crippen LogP contribution >= 0.6 is 0 Å². The SMILES string of the molecule is [2H]C([2H])([2H])[C@@H]1CN(c2ncnc3c2c(C(F)(F)F)cn3-c2cc(C#N)ccn2)[C@@H](C)CN1C(=O)OC(C)(C)C. The van der Waals surface area contributed by atoms with Crippen molar-refractivity contribution in [1.82, 2.24) is 24.4 Å². The number of carbonyl (C=O) groups excluding carboxylic acids is 1. The van der Waals surface area contributed by atoms with Gasteiger partial charge in [-0.3, -0.25) is 4.57 Å². The molecule has 190 valence electrons. The standard InChI is InChI=1S/C24H26F3N7O2/c1-14-11-33(22(35)36-23(3,4)5)15(2)10-32(14)20-19-17(24(25,26)27)12-34(21(19)31-13-30-20)18-8-16(9-28)6-7-29-18/h6-8,12-15H,10-11H2,1-5H3/t14-,15+/m0/s1/i2D3. The van der Waals surface area contributed by atoms with Crippen LogP contribution in [0.25, 0.3) is 16.9 Å². The molecule has 0 saturated carbocycles. The van der Waals surface area contributed by atoms with E-state index in [0.29, 0.717) is 0 Å². The predicted molar refractivity (Wildman–Crippen MR) is 126 cm³/mol. The average molecular weight is 505 g/mol. The Hall–Kier alpha value is -3.88. The maximum atomic E-state index is 14.3. The van der Waals surface area contributed by atoms with Crippen molar-refractivity contribution < 1.29 is 26.8 Å². The molecule has 0 N–H and O–H groups in total. The Labute approximate surface area is 210 Å². The normalized spacial score (nSPS) is 20.4. The van der Waals surface area contributed by atoms with Crippen molar-refractivity contribution in [1.29, 1.82) is 5.26 Å². The minimum atomic E-state index is -4.82. The summed E-state index contributed by atoms with van der Waals surface area (Å²) in [6.45, 7) is 3.49. The smallest absolute Gasteiger partial charge is 0.418 e. The minimum absolute atomic E-state index is 0.0439. The number of hydrogen-bond donors (Lipinski definition) is 0. The molecule has 0 bridgehead atoms. The quantitative estimate of drug-likeness (QED) is 0.505. The lowest BCUT2D eigenvalue weighted by atomic mass is 10.1. The second-order valence-electron chi connectivity index (χ2n) is 9.47. The van der Waals surface area contributed by atoms with E-state index in [1.54, 1.807) is 27.7 Å². The van der Waals surface area contributed by atoms with Crippen LogP contribution in [0.15, 0.2) is 30.9 Å². The molecule has 1 aliphatic rings. The molecule has 4 rings (SSSR count). The Morgan fingerprint density at radius 3 is 2.61 bits per heavy atom. The first-order valence-electron chi connectivity index (χ1n) is 12.6. The summed E-state index contributed by atoms with van der Waals surface area (Å²) in [6, 6.07) is 2.67. The van der Waals surface area contributed by atoms with Gasteiger partial charge in [-0.05, 0) is 46.7 Å². The van der Waals surface area contributed by atoms with Crippen LogP contribution in [-0.4, -0.2) is 61.3 Å². The summed E-state index contributed by atoms with van der Waals surface area (Å²) in [5.74, 6) is -0.0875. The number of alkyl halides is 3. The molecule has 12 heteroatoms. The van der Waals surface area contributed by atoms with Crippen molar-refractivity contribution in [2.24, 2.45) is 0 Å². The molecule has 0 aromatic carbocycles. The molecular weight excluding hydrogens is 475 g/mol. The topological polar surface area (TPSA) is 100 Å². The molecular formula is C24H26F3N7O2. The molecule has 3 aromatic heterocycles. The average Bonchev–Trinajstić information content (AvgIpc) is 3.23. The number of rotatable bonds is 2. The highest BCUT2D eigenvalue weighted by atomic mass is 19.4. The summed E-state index contributed by atoms with van der Waals surface area (Å²) >= 11 is 0. The third-order valence-corrected chi connectivity index (χ3v) is 5.63. The Balaban J connectivity index is 1.86. The van der Waals surface area contributed by atoms with Crippen LogP contribution in [0.1, 0.15) is 49.8 Å². The van der Waals surface area contributed by atoms with Crippen molar-refractivity contribution in [3.8, 4) is 11.9 Å². The molecule has 1 aliphatic heterocycles. The number of nitriles is 1. The fraction of sp³-hybridized carbons (Fsp3) is 0.458. The van der Waals surface area contributed by atoms with Crippen molar-refractivity contribution in [3.05, 3.63) is 42.0 Å². The highest BCUT2D eigenvalue weighted by Gasteiger charge is 2.40. The monoisotopic (exact) mass is 504 g/mol. The lowest BCUT2D eigenvalue weighted by Gasteiger charge is -2.44. The number of nitrogens with zero attached hydrogens (tertiary/aromatic N) is 7. The number of amides is 1. The van der Waals surface area contributed by atoms with Gasteiger partial charge in [-0.25, -0.2) is 19.7 Å². The van der Waals surface area contributed by atoms with Gasteiger partial charge in [0.05, 0.1) is 22.6 Å². The highest BCUT2D eigenvalue weighted by molar-refractivity contribution is 5.93. The van der Waals surface area contributed by atoms with Gasteiger partial charge in [0.1, 0.15) is 23.6 Å². The van der Waals surface area contributed by atoms with E-state index in [4.69, 9.17) is 8.85 Å². The van der Waals surface area contributed by atoms with E-state index in [2.05, 4.69) is 15.0 Å². The van der Waals surface area contributed by atoms with Gasteiger partial charge < -0.3 is 14.5 Å². The van der Waals surface area contributed by atoms with E-state index < -0.39 is 42.4 Å². The fourth-order valence-electron chi connectivity index (χ4n) is 4.07. The first-order chi connectivity index (χ1) is 18.0. The molecule has 0 spiro atoms. The summed E-state index contributed by atoms with van der Waals surface area (Å²) in [4.78, 5) is 27.8. The molecule has 3 aromatic rings. The van der Waals surface area contributed by atoms with Gasteiger partial charge in [0.2, 0.25) is 0 Å². The van der Waals surface area contributed by atoms with Gasteiger partial charge in [0, 0.05) is 41.7 Å². The van der Waals surface area contributed by atoms with E-state index in [9.17, 15) is 23.2 Å². The van der Waals surface area contributed by atoms with Crippen molar-refractivity contribution in [2.75, 3.05) is 18.0 Å². The number of hydrogen-bond acceptors (Lipinski definition) is 7. The van der Waals surface area contributed by atoms with Gasteiger partial charge in [0.15, 0.2) is 5.65 Å². The summed E-state index contributed by atoms with van der Waals surface area (Å²) < 4.78 is 73.6. The molecule has 9 nitrogen and oxygen atoms in total. The maximum Gasteiger partial charge on any atom is 0.418 e. The van der Waals surface area contributed by atoms with Crippen LogP contribution < -0.4 is 4.90 Å². The number of fused-ring (bicyclic) bond motifs is 1. The Bertz CT molecular complexity index is 1440. The number of aromatic nitrogens is 4. The number of piperazine rings is 1. The highest BCUT2D eigenvalue weighted by Crippen LogP contribution is 2.41. The molecule has 1 saturated heterocycles. The van der Waals surface area contributed by atoms with Crippen LogP contribution in [0, 0.1) is 11.3 Å². The van der Waals surface area contributed by atoms with Gasteiger partial charge in [0.25, 0.3) is 0 Å². The maximum absolute atomic E-state index is 14.3. The van der Waals surface area contributed by atoms with Crippen LogP contribution in [0.3, 0.4) is 0 Å². The Morgan fingerprint density at radius 1 is 1.22 bits per heavy atom. The van der Waals surface area contributed by atoms with E-state index in [0.717, 1.165) is 22.0 Å². The molecule has 1 fully saturated rings. The number of pyridine rings is 1. The van der Waals surface area contributed by atoms with Crippen LogP contribution in [0.2, 0.25) is 0 Å². The molecule has 0 aliphatic carbocycles. The third kappa shape index (κ3) is 4.78. The van der Waals surface area contributed by atoms with Gasteiger partial charge in [-0.1, -0.05) is 0 Å². The molecule has 4 heterocycles. The zero-order valence-corrected chi connectivity index (χ0v) is 20.0. The van der Waals surface area contributed by atoms with Crippen LogP contribution in [0.5, 0.6) is 0 Å². The predicted octanol–water partition coefficient (Wildman–Crippen LogP) is 4.54. The zero-order valence-electron chi connectivity index (χ0n) is 23.0. The fourth-order valence-corrected chi connectivity index (χ4v) is 4.07. The number of carbonyl (C=O) groups is 1. The Kier molecular flexibility index (Phi) is 5.33. The van der Waals surface area contributed by atoms with E-state index in [1.165, 1.54) is 23.2 Å².